The minimum Gasteiger partial charge on any atom is -0.497 e. The quantitative estimate of drug-likeness (QED) is 0.522. The highest BCUT2D eigenvalue weighted by Gasteiger charge is 2.34. The van der Waals surface area contributed by atoms with Crippen LogP contribution in [0.3, 0.4) is 0 Å². The molecular weight excluding hydrogens is 343 g/mol. The molecule has 2 amide bonds. The van der Waals surface area contributed by atoms with Crippen LogP contribution < -0.4 is 15.0 Å². The lowest BCUT2D eigenvalue weighted by Crippen LogP contribution is -2.54. The summed E-state index contributed by atoms with van der Waals surface area (Å²) in [6.07, 6.45) is 1.46. The smallest absolute Gasteiger partial charge is 0.270 e. The van der Waals surface area contributed by atoms with E-state index in [1.54, 1.807) is 24.3 Å². The Balaban J connectivity index is 2.00. The van der Waals surface area contributed by atoms with Gasteiger partial charge in [0.05, 0.1) is 12.8 Å². The van der Waals surface area contributed by atoms with Crippen molar-refractivity contribution in [1.82, 2.24) is 5.32 Å². The van der Waals surface area contributed by atoms with Gasteiger partial charge in [-0.2, -0.15) is 0 Å². The van der Waals surface area contributed by atoms with Crippen LogP contribution in [0, 0.1) is 5.82 Å². The third-order valence-corrected chi connectivity index (χ3v) is 3.88. The number of anilines is 1. The maximum absolute atomic E-state index is 13.1. The van der Waals surface area contributed by atoms with E-state index in [0.29, 0.717) is 17.0 Å². The van der Waals surface area contributed by atoms with Gasteiger partial charge in [0, 0.05) is 0 Å². The van der Waals surface area contributed by atoms with Crippen molar-refractivity contribution in [2.24, 2.45) is 0 Å². The number of ether oxygens (including phenoxy) is 1. The summed E-state index contributed by atoms with van der Waals surface area (Å²) in [5.74, 6) is -1.00. The second-order valence-electron chi connectivity index (χ2n) is 5.21. The Morgan fingerprint density at radius 2 is 1.88 bits per heavy atom. The highest BCUT2D eigenvalue weighted by molar-refractivity contribution is 7.80. The molecule has 0 unspecified atom stereocenters. The number of carbonyl (C=O) groups is 2. The molecule has 0 radical (unpaired) electrons. The van der Waals surface area contributed by atoms with E-state index in [0.717, 1.165) is 4.90 Å². The summed E-state index contributed by atoms with van der Waals surface area (Å²) in [7, 11) is 1.53. The summed E-state index contributed by atoms with van der Waals surface area (Å²) in [4.78, 5) is 26.1. The minimum absolute atomic E-state index is 0.0515. The molecule has 0 atom stereocenters. The number of halogens is 1. The van der Waals surface area contributed by atoms with Crippen molar-refractivity contribution < 1.29 is 18.7 Å². The monoisotopic (exact) mass is 356 g/mol. The number of rotatable bonds is 3. The fourth-order valence-corrected chi connectivity index (χ4v) is 2.66. The molecule has 2 aromatic carbocycles. The van der Waals surface area contributed by atoms with E-state index in [1.807, 2.05) is 0 Å². The number of carbonyl (C=O) groups excluding carboxylic acids is 2. The van der Waals surface area contributed by atoms with Crippen LogP contribution in [0.5, 0.6) is 5.75 Å². The van der Waals surface area contributed by atoms with Gasteiger partial charge in [0.15, 0.2) is 5.11 Å². The van der Waals surface area contributed by atoms with Crippen molar-refractivity contribution in [3.8, 4) is 5.75 Å². The molecular formula is C18H13FN2O3S. The highest BCUT2D eigenvalue weighted by atomic mass is 32.1. The van der Waals surface area contributed by atoms with Crippen LogP contribution in [0.4, 0.5) is 10.1 Å². The SMILES string of the molecule is COc1cccc(/C=C2/C(=O)NC(=S)N(c3ccc(F)cc3)C2=O)c1. The van der Waals surface area contributed by atoms with Crippen LogP contribution in [0.2, 0.25) is 0 Å². The molecule has 1 N–H and O–H groups in total. The Labute approximate surface area is 148 Å². The van der Waals surface area contributed by atoms with Gasteiger partial charge in [-0.25, -0.2) is 4.39 Å². The van der Waals surface area contributed by atoms with Crippen LogP contribution in [0.25, 0.3) is 6.08 Å². The van der Waals surface area contributed by atoms with E-state index < -0.39 is 17.6 Å². The van der Waals surface area contributed by atoms with Gasteiger partial charge in [-0.05, 0) is 60.3 Å². The normalized spacial score (nSPS) is 16.2. The van der Waals surface area contributed by atoms with Gasteiger partial charge in [-0.1, -0.05) is 12.1 Å². The first-order chi connectivity index (χ1) is 12.0. The summed E-state index contributed by atoms with van der Waals surface area (Å²) < 4.78 is 18.3. The van der Waals surface area contributed by atoms with Gasteiger partial charge in [0.25, 0.3) is 11.8 Å². The van der Waals surface area contributed by atoms with E-state index in [-0.39, 0.29) is 10.7 Å². The largest absolute Gasteiger partial charge is 0.497 e. The van der Waals surface area contributed by atoms with Gasteiger partial charge < -0.3 is 4.74 Å². The van der Waals surface area contributed by atoms with Gasteiger partial charge >= 0.3 is 0 Å². The molecule has 0 spiro atoms. The first kappa shape index (κ1) is 16.8. The maximum atomic E-state index is 13.1. The van der Waals surface area contributed by atoms with Crippen molar-refractivity contribution >= 4 is 40.9 Å². The number of thiocarbonyl (C=S) groups is 1. The van der Waals surface area contributed by atoms with Crippen LogP contribution in [-0.2, 0) is 9.59 Å². The molecule has 2 aromatic rings. The van der Waals surface area contributed by atoms with E-state index in [2.05, 4.69) is 5.32 Å². The zero-order chi connectivity index (χ0) is 18.0. The lowest BCUT2D eigenvalue weighted by atomic mass is 10.1. The molecule has 0 aliphatic carbocycles. The topological polar surface area (TPSA) is 58.6 Å². The third kappa shape index (κ3) is 3.41. The molecule has 0 aromatic heterocycles. The predicted molar refractivity (Wildman–Crippen MR) is 95.6 cm³/mol. The Hall–Kier alpha value is -3.06. The Bertz CT molecular complexity index is 893. The van der Waals surface area contributed by atoms with E-state index in [9.17, 15) is 14.0 Å². The number of hydrogen-bond acceptors (Lipinski definition) is 4. The molecule has 1 aliphatic rings. The lowest BCUT2D eigenvalue weighted by molar-refractivity contribution is -0.122. The van der Waals surface area contributed by atoms with Gasteiger partial charge in [-0.3, -0.25) is 19.8 Å². The molecule has 1 heterocycles. The average molecular weight is 356 g/mol. The molecule has 126 valence electrons. The highest BCUT2D eigenvalue weighted by Crippen LogP contribution is 2.23. The third-order valence-electron chi connectivity index (χ3n) is 3.59. The number of methoxy groups -OCH3 is 1. The second kappa shape index (κ2) is 6.82. The van der Waals surface area contributed by atoms with E-state index in [4.69, 9.17) is 17.0 Å². The van der Waals surface area contributed by atoms with Crippen molar-refractivity contribution in [3.05, 3.63) is 65.5 Å². The number of amides is 2. The van der Waals surface area contributed by atoms with E-state index >= 15 is 0 Å². The van der Waals surface area contributed by atoms with Crippen LogP contribution in [0.15, 0.2) is 54.1 Å². The molecule has 1 fully saturated rings. The predicted octanol–water partition coefficient (Wildman–Crippen LogP) is 2.67. The number of hydrogen-bond donors (Lipinski definition) is 1. The molecule has 25 heavy (non-hydrogen) atoms. The fourth-order valence-electron chi connectivity index (χ4n) is 2.38. The first-order valence-electron chi connectivity index (χ1n) is 7.30. The molecule has 0 saturated carbocycles. The summed E-state index contributed by atoms with van der Waals surface area (Å²) >= 11 is 5.09. The summed E-state index contributed by atoms with van der Waals surface area (Å²) in [5.41, 5.74) is 0.920. The van der Waals surface area contributed by atoms with Crippen LogP contribution in [0.1, 0.15) is 5.56 Å². The standard InChI is InChI=1S/C18H13FN2O3S/c1-24-14-4-2-3-11(9-14)10-15-16(22)20-18(25)21(17(15)23)13-7-5-12(19)6-8-13/h2-10H,1H3,(H,20,22,25)/b15-10-. The summed E-state index contributed by atoms with van der Waals surface area (Å²) in [5, 5.41) is 2.42. The molecule has 1 saturated heterocycles. The number of nitrogens with one attached hydrogen (secondary N) is 1. The van der Waals surface area contributed by atoms with Crippen molar-refractivity contribution in [3.63, 3.8) is 0 Å². The Kier molecular flexibility index (Phi) is 4.58. The molecule has 5 nitrogen and oxygen atoms in total. The van der Waals surface area contributed by atoms with Gasteiger partial charge in [0.1, 0.15) is 17.1 Å². The van der Waals surface area contributed by atoms with Crippen molar-refractivity contribution in [2.45, 2.75) is 0 Å². The molecule has 3 rings (SSSR count). The number of benzene rings is 2. The molecule has 1 aliphatic heterocycles. The van der Waals surface area contributed by atoms with Gasteiger partial charge in [0.2, 0.25) is 0 Å². The molecule has 0 bridgehead atoms. The van der Waals surface area contributed by atoms with Crippen molar-refractivity contribution in [1.29, 1.82) is 0 Å². The zero-order valence-electron chi connectivity index (χ0n) is 13.2. The van der Waals surface area contributed by atoms with Crippen LogP contribution in [-0.4, -0.2) is 24.0 Å². The summed E-state index contributed by atoms with van der Waals surface area (Å²) in [6, 6.07) is 12.2. The first-order valence-corrected chi connectivity index (χ1v) is 7.71. The molecule has 7 heteroatoms. The lowest BCUT2D eigenvalue weighted by Gasteiger charge is -2.28. The second-order valence-corrected chi connectivity index (χ2v) is 5.60. The maximum Gasteiger partial charge on any atom is 0.270 e. The fraction of sp³-hybridized carbons (Fsp3) is 0.0556. The zero-order valence-corrected chi connectivity index (χ0v) is 14.0. The number of nitrogens with zero attached hydrogens (tertiary/aromatic N) is 1. The summed E-state index contributed by atoms with van der Waals surface area (Å²) in [6.45, 7) is 0. The Morgan fingerprint density at radius 1 is 1.16 bits per heavy atom. The Morgan fingerprint density at radius 3 is 2.56 bits per heavy atom. The minimum atomic E-state index is -0.587. The van der Waals surface area contributed by atoms with Crippen LogP contribution >= 0.6 is 12.2 Å². The van der Waals surface area contributed by atoms with Crippen molar-refractivity contribution in [2.75, 3.05) is 12.0 Å². The average Bonchev–Trinajstić information content (AvgIpc) is 2.60. The van der Waals surface area contributed by atoms with E-state index in [1.165, 1.54) is 37.5 Å². The van der Waals surface area contributed by atoms with Gasteiger partial charge in [-0.15, -0.1) is 0 Å².